The molecule has 1 aromatic heterocycles. The molecule has 1 heterocycles. The van der Waals surface area contributed by atoms with E-state index >= 15 is 0 Å². The summed E-state index contributed by atoms with van der Waals surface area (Å²) in [6, 6.07) is 16.4. The Hall–Kier alpha value is -2.70. The number of benzene rings is 2. The van der Waals surface area contributed by atoms with E-state index < -0.39 is 0 Å². The van der Waals surface area contributed by atoms with Crippen LogP contribution in [0.1, 0.15) is 43.9 Å². The molecule has 0 spiro atoms. The van der Waals surface area contributed by atoms with Gasteiger partial charge in [0, 0.05) is 25.2 Å². The zero-order valence-corrected chi connectivity index (χ0v) is 18.2. The molecular weight excluding hydrogens is 393 g/mol. The Kier molecular flexibility index (Phi) is 6.68. The van der Waals surface area contributed by atoms with Gasteiger partial charge in [0.25, 0.3) is 0 Å². The fraction of sp³-hybridized carbons (Fsp3) is 0.400. The molecule has 164 valence electrons. The number of aliphatic hydroxyl groups excluding tert-OH is 1. The standard InChI is InChI=1S/C25H30FN3O2/c1-3-8-22(30)16-28(20-13-14-20)17-24-18(2)27-29(21-10-5-4-6-11-21)25(24)31-23-12-7-9-19(26)15-23/h4-7,9-12,15,20,22,30H,3,8,13-14,16-17H2,1-2H3. The molecule has 6 heteroatoms. The quantitative estimate of drug-likeness (QED) is 0.485. The molecule has 1 aliphatic rings. The van der Waals surface area contributed by atoms with E-state index in [-0.39, 0.29) is 11.9 Å². The fourth-order valence-electron chi connectivity index (χ4n) is 3.89. The third-order valence-corrected chi connectivity index (χ3v) is 5.64. The average Bonchev–Trinajstić information content (AvgIpc) is 3.55. The van der Waals surface area contributed by atoms with Gasteiger partial charge < -0.3 is 9.84 Å². The van der Waals surface area contributed by atoms with Crippen molar-refractivity contribution in [3.63, 3.8) is 0 Å². The van der Waals surface area contributed by atoms with Gasteiger partial charge in [-0.2, -0.15) is 5.10 Å². The number of halogens is 1. The van der Waals surface area contributed by atoms with E-state index in [1.165, 1.54) is 12.1 Å². The maximum Gasteiger partial charge on any atom is 0.227 e. The molecule has 1 fully saturated rings. The maximum absolute atomic E-state index is 13.8. The van der Waals surface area contributed by atoms with E-state index in [4.69, 9.17) is 9.84 Å². The number of ether oxygens (including phenoxy) is 1. The number of aliphatic hydroxyl groups is 1. The summed E-state index contributed by atoms with van der Waals surface area (Å²) in [7, 11) is 0. The summed E-state index contributed by atoms with van der Waals surface area (Å²) in [6.07, 6.45) is 3.69. The van der Waals surface area contributed by atoms with Crippen LogP contribution in [0.3, 0.4) is 0 Å². The lowest BCUT2D eigenvalue weighted by Crippen LogP contribution is -2.34. The van der Waals surface area contributed by atoms with Gasteiger partial charge in [-0.25, -0.2) is 9.07 Å². The molecule has 0 amide bonds. The number of para-hydroxylation sites is 1. The Labute approximate surface area is 183 Å². The second-order valence-corrected chi connectivity index (χ2v) is 8.28. The summed E-state index contributed by atoms with van der Waals surface area (Å²) in [5.74, 6) is 0.677. The zero-order valence-electron chi connectivity index (χ0n) is 18.2. The summed E-state index contributed by atoms with van der Waals surface area (Å²) < 4.78 is 21.8. The van der Waals surface area contributed by atoms with Gasteiger partial charge in [0.15, 0.2) is 0 Å². The van der Waals surface area contributed by atoms with E-state index in [0.717, 1.165) is 42.6 Å². The van der Waals surface area contributed by atoms with Gasteiger partial charge in [-0.3, -0.25) is 4.90 Å². The van der Waals surface area contributed by atoms with Crippen LogP contribution in [0.2, 0.25) is 0 Å². The minimum absolute atomic E-state index is 0.344. The van der Waals surface area contributed by atoms with Crippen LogP contribution >= 0.6 is 0 Å². The summed E-state index contributed by atoms with van der Waals surface area (Å²) in [6.45, 7) is 5.33. The molecule has 1 saturated carbocycles. The monoisotopic (exact) mass is 423 g/mol. The van der Waals surface area contributed by atoms with Crippen molar-refractivity contribution < 1.29 is 14.2 Å². The average molecular weight is 424 g/mol. The first-order valence-corrected chi connectivity index (χ1v) is 11.0. The fourth-order valence-corrected chi connectivity index (χ4v) is 3.89. The SMILES string of the molecule is CCCC(O)CN(Cc1c(C)nn(-c2ccccc2)c1Oc1cccc(F)c1)C1CC1. The molecule has 1 aliphatic carbocycles. The highest BCUT2D eigenvalue weighted by Gasteiger charge is 2.32. The number of hydrogen-bond donors (Lipinski definition) is 1. The lowest BCUT2D eigenvalue weighted by molar-refractivity contribution is 0.0961. The second-order valence-electron chi connectivity index (χ2n) is 8.28. The second kappa shape index (κ2) is 9.62. The highest BCUT2D eigenvalue weighted by atomic mass is 19.1. The van der Waals surface area contributed by atoms with E-state index in [1.807, 2.05) is 37.3 Å². The predicted octanol–water partition coefficient (Wildman–Crippen LogP) is 5.24. The van der Waals surface area contributed by atoms with Gasteiger partial charge in [0.1, 0.15) is 11.6 Å². The van der Waals surface area contributed by atoms with Gasteiger partial charge in [0.05, 0.1) is 23.0 Å². The lowest BCUT2D eigenvalue weighted by Gasteiger charge is -2.25. The minimum Gasteiger partial charge on any atom is -0.438 e. The number of aryl methyl sites for hydroxylation is 1. The lowest BCUT2D eigenvalue weighted by atomic mass is 10.1. The minimum atomic E-state index is -0.345. The molecule has 1 unspecified atom stereocenters. The van der Waals surface area contributed by atoms with Crippen LogP contribution in [0.4, 0.5) is 4.39 Å². The zero-order chi connectivity index (χ0) is 21.8. The maximum atomic E-state index is 13.8. The molecule has 0 bridgehead atoms. The summed E-state index contributed by atoms with van der Waals surface area (Å²) in [5.41, 5.74) is 2.71. The molecule has 31 heavy (non-hydrogen) atoms. The normalized spacial score (nSPS) is 14.7. The van der Waals surface area contributed by atoms with Gasteiger partial charge in [0.2, 0.25) is 5.88 Å². The van der Waals surface area contributed by atoms with Gasteiger partial charge >= 0.3 is 0 Å². The largest absolute Gasteiger partial charge is 0.438 e. The summed E-state index contributed by atoms with van der Waals surface area (Å²) >= 11 is 0. The van der Waals surface area contributed by atoms with Gasteiger partial charge in [-0.05, 0) is 50.5 Å². The highest BCUT2D eigenvalue weighted by molar-refractivity contribution is 5.43. The molecule has 0 aliphatic heterocycles. The molecule has 2 aromatic carbocycles. The molecule has 1 atom stereocenters. The topological polar surface area (TPSA) is 50.5 Å². The van der Waals surface area contributed by atoms with Crippen molar-refractivity contribution in [3.05, 3.63) is 71.7 Å². The van der Waals surface area contributed by atoms with Crippen LogP contribution in [0.15, 0.2) is 54.6 Å². The number of hydrogen-bond acceptors (Lipinski definition) is 4. The summed E-state index contributed by atoms with van der Waals surface area (Å²) in [4.78, 5) is 2.33. The van der Waals surface area contributed by atoms with Gasteiger partial charge in [-0.1, -0.05) is 37.6 Å². The Balaban J connectivity index is 1.69. The summed E-state index contributed by atoms with van der Waals surface area (Å²) in [5, 5.41) is 15.2. The van der Waals surface area contributed by atoms with Crippen molar-refractivity contribution in [2.24, 2.45) is 0 Å². The van der Waals surface area contributed by atoms with Crippen molar-refractivity contribution in [1.29, 1.82) is 0 Å². The Bertz CT molecular complexity index is 1000. The Morgan fingerprint density at radius 1 is 1.19 bits per heavy atom. The van der Waals surface area contributed by atoms with Gasteiger partial charge in [-0.15, -0.1) is 0 Å². The van der Waals surface area contributed by atoms with Crippen molar-refractivity contribution >= 4 is 0 Å². The third-order valence-electron chi connectivity index (χ3n) is 5.64. The van der Waals surface area contributed by atoms with Crippen LogP contribution in [0.25, 0.3) is 5.69 Å². The molecule has 0 saturated heterocycles. The van der Waals surface area contributed by atoms with Crippen molar-refractivity contribution in [3.8, 4) is 17.3 Å². The van der Waals surface area contributed by atoms with Crippen LogP contribution in [0.5, 0.6) is 11.6 Å². The first-order valence-electron chi connectivity index (χ1n) is 11.0. The smallest absolute Gasteiger partial charge is 0.227 e. The molecular formula is C25H30FN3O2. The third kappa shape index (κ3) is 5.32. The predicted molar refractivity (Wildman–Crippen MR) is 119 cm³/mol. The molecule has 3 aromatic rings. The Morgan fingerprint density at radius 2 is 1.97 bits per heavy atom. The molecule has 1 N–H and O–H groups in total. The van der Waals surface area contributed by atoms with E-state index in [1.54, 1.807) is 16.8 Å². The van der Waals surface area contributed by atoms with Crippen LogP contribution in [-0.2, 0) is 6.54 Å². The molecule has 4 rings (SSSR count). The molecule has 0 radical (unpaired) electrons. The van der Waals surface area contributed by atoms with E-state index in [0.29, 0.717) is 30.8 Å². The van der Waals surface area contributed by atoms with Crippen LogP contribution < -0.4 is 4.74 Å². The van der Waals surface area contributed by atoms with E-state index in [9.17, 15) is 9.50 Å². The van der Waals surface area contributed by atoms with Crippen molar-refractivity contribution in [2.45, 2.75) is 58.2 Å². The highest BCUT2D eigenvalue weighted by Crippen LogP contribution is 2.35. The Morgan fingerprint density at radius 3 is 2.65 bits per heavy atom. The first kappa shape index (κ1) is 21.5. The molecule has 5 nitrogen and oxygen atoms in total. The number of aromatic nitrogens is 2. The number of nitrogens with zero attached hydrogens (tertiary/aromatic N) is 3. The number of rotatable bonds is 10. The van der Waals surface area contributed by atoms with Crippen LogP contribution in [-0.4, -0.2) is 38.5 Å². The van der Waals surface area contributed by atoms with E-state index in [2.05, 4.69) is 11.8 Å². The first-order chi connectivity index (χ1) is 15.0. The van der Waals surface area contributed by atoms with Crippen molar-refractivity contribution in [2.75, 3.05) is 6.54 Å². The van der Waals surface area contributed by atoms with Crippen molar-refractivity contribution in [1.82, 2.24) is 14.7 Å². The van der Waals surface area contributed by atoms with Crippen LogP contribution in [0, 0.1) is 12.7 Å².